The van der Waals surface area contributed by atoms with E-state index in [0.29, 0.717) is 0 Å². The van der Waals surface area contributed by atoms with Crippen molar-refractivity contribution in [1.82, 2.24) is 5.32 Å². The fourth-order valence-electron chi connectivity index (χ4n) is 0.125. The summed E-state index contributed by atoms with van der Waals surface area (Å²) in [6, 6.07) is 0. The van der Waals surface area contributed by atoms with E-state index in [-0.39, 0.29) is 0 Å². The average Bonchev–Trinajstić information content (AvgIpc) is 1.61. The van der Waals surface area contributed by atoms with Gasteiger partial charge in [-0.25, -0.2) is 0 Å². The summed E-state index contributed by atoms with van der Waals surface area (Å²) >= 11 is 0. The monoisotopic (exact) mass is 74.1 g/mol. The van der Waals surface area contributed by atoms with Crippen LogP contribution in [0.5, 0.6) is 0 Å². The van der Waals surface area contributed by atoms with Crippen molar-refractivity contribution in [2.45, 2.75) is 0 Å². The normalized spacial score (nSPS) is 11.0. The first-order chi connectivity index (χ1) is 2.91. The highest BCUT2D eigenvalue weighted by Crippen LogP contribution is 1.37. The Labute approximate surface area is 33.8 Å². The highest BCUT2D eigenvalue weighted by molar-refractivity contribution is 4.33. The van der Waals surface area contributed by atoms with Crippen LogP contribution < -0.4 is 11.0 Å². The van der Waals surface area contributed by atoms with Crippen LogP contribution in [-0.4, -0.2) is 20.1 Å². The Hall–Kier alpha value is -0.0800. The van der Waals surface area contributed by atoms with E-state index in [1.54, 1.807) is 0 Å². The molecule has 5 heavy (non-hydrogen) atoms. The van der Waals surface area contributed by atoms with Crippen LogP contribution in [0.25, 0.3) is 0 Å². The van der Waals surface area contributed by atoms with Gasteiger partial charge in [0, 0.05) is 13.1 Å². The van der Waals surface area contributed by atoms with Gasteiger partial charge in [0.05, 0.1) is 0 Å². The fourth-order valence-corrected chi connectivity index (χ4v) is 0.125. The zero-order valence-corrected chi connectivity index (χ0v) is 3.41. The smallest absolute Gasteiger partial charge is 0.118 e. The van der Waals surface area contributed by atoms with Crippen molar-refractivity contribution < 1.29 is 1.41 Å². The molecule has 0 aliphatic heterocycles. The van der Waals surface area contributed by atoms with Crippen LogP contribution in [0.1, 0.15) is 0 Å². The molecule has 0 aromatic carbocycles. The highest BCUT2D eigenvalue weighted by atomic mass is 14.8. The molecule has 0 aliphatic rings. The second-order valence-electron chi connectivity index (χ2n) is 0.854. The van der Waals surface area contributed by atoms with E-state index in [9.17, 15) is 0 Å². The Morgan fingerprint density at radius 2 is 3.00 bits per heavy atom. The third-order valence-electron chi connectivity index (χ3n) is 0.375. The Kier molecular flexibility index (Phi) is 2.45. The maximum atomic E-state index is 6.42. The van der Waals surface area contributed by atoms with Gasteiger partial charge in [-0.2, -0.15) is 0 Å². The van der Waals surface area contributed by atoms with Crippen molar-refractivity contribution >= 4 is 0 Å². The lowest BCUT2D eigenvalue weighted by atomic mass is 10.7. The second-order valence-corrected chi connectivity index (χ2v) is 0.854. The molecule has 0 atom stereocenters. The number of rotatable bonds is 3. The molecule has 0 bridgehead atoms. The van der Waals surface area contributed by atoms with Crippen molar-refractivity contribution in [3.63, 3.8) is 0 Å². The predicted octanol–water partition coefficient (Wildman–Crippen LogP) is -0.835. The van der Waals surface area contributed by atoms with Crippen LogP contribution in [-0.2, 0) is 0 Å². The van der Waals surface area contributed by atoms with Crippen LogP contribution in [0, 0.1) is 0 Å². The first kappa shape index (κ1) is 3.12. The molecule has 0 amide bonds. The molecule has 0 aromatic rings. The summed E-state index contributed by atoms with van der Waals surface area (Å²) in [5.74, 6) is 0. The van der Waals surface area contributed by atoms with Gasteiger partial charge >= 0.3 is 0 Å². The lowest BCUT2D eigenvalue weighted by molar-refractivity contribution is 0.802. The van der Waals surface area contributed by atoms with Crippen LogP contribution in [0.3, 0.4) is 0 Å². The SMILES string of the molecule is [1H]NCCNC. The second kappa shape index (κ2) is 3.92. The maximum Gasteiger partial charge on any atom is 0.118 e. The summed E-state index contributed by atoms with van der Waals surface area (Å²) < 4.78 is 6.42. The third kappa shape index (κ3) is 3.92. The van der Waals surface area contributed by atoms with E-state index in [2.05, 4.69) is 11.0 Å². The molecular formula is C3H10N2. The molecule has 0 fully saturated rings. The Balaban J connectivity index is 2.34. The molecule has 32 valence electrons. The summed E-state index contributed by atoms with van der Waals surface area (Å²) in [5.41, 5.74) is 2.26. The fraction of sp³-hybridized carbons (Fsp3) is 1.00. The number of hydrogen-bond donors (Lipinski definition) is 2. The van der Waals surface area contributed by atoms with Gasteiger partial charge < -0.3 is 11.0 Å². The van der Waals surface area contributed by atoms with Crippen molar-refractivity contribution in [3.8, 4) is 0 Å². The average molecular weight is 74.1 g/mol. The summed E-state index contributed by atoms with van der Waals surface area (Å²) in [7, 11) is 1.86. The van der Waals surface area contributed by atoms with Crippen molar-refractivity contribution in [3.05, 3.63) is 0 Å². The largest absolute Gasteiger partial charge is 0.329 e. The maximum absolute atomic E-state index is 6.42. The van der Waals surface area contributed by atoms with Gasteiger partial charge in [0.2, 0.25) is 0 Å². The van der Waals surface area contributed by atoms with Gasteiger partial charge in [0.25, 0.3) is 0 Å². The molecule has 0 rings (SSSR count). The first-order valence-corrected chi connectivity index (χ1v) is 1.71. The number of likely N-dealkylation sites (N-methyl/N-ethyl adjacent to an activating group) is 1. The molecule has 0 spiro atoms. The van der Waals surface area contributed by atoms with Crippen molar-refractivity contribution in [2.75, 3.05) is 20.1 Å². The molecule has 0 saturated heterocycles. The van der Waals surface area contributed by atoms with E-state index in [4.69, 9.17) is 1.41 Å². The lowest BCUT2D eigenvalue weighted by Crippen LogP contribution is -2.17. The van der Waals surface area contributed by atoms with Crippen LogP contribution in [0.4, 0.5) is 0 Å². The molecule has 0 aliphatic carbocycles. The minimum atomic E-state index is 0.719. The molecule has 0 unspecified atom stereocenters. The van der Waals surface area contributed by atoms with Gasteiger partial charge in [0.1, 0.15) is 1.41 Å². The molecule has 0 radical (unpaired) electrons. The van der Waals surface area contributed by atoms with Crippen LogP contribution in [0.15, 0.2) is 0 Å². The molecular weight excluding hydrogens is 64.0 g/mol. The van der Waals surface area contributed by atoms with Gasteiger partial charge in [-0.05, 0) is 7.05 Å². The first-order valence-electron chi connectivity index (χ1n) is 2.21. The van der Waals surface area contributed by atoms with E-state index in [0.717, 1.165) is 13.1 Å². The molecule has 3 N–H and O–H groups in total. The highest BCUT2D eigenvalue weighted by Gasteiger charge is 1.64. The number of nitrogens with two attached hydrogens (primary N) is 1. The van der Waals surface area contributed by atoms with Gasteiger partial charge in [-0.1, -0.05) is 0 Å². The number of nitrogens with one attached hydrogen (secondary N) is 1. The Bertz CT molecular complexity index is 20.8. The molecule has 0 saturated carbocycles. The van der Waals surface area contributed by atoms with Crippen LogP contribution >= 0.6 is 0 Å². The zero-order valence-electron chi connectivity index (χ0n) is 4.41. The predicted molar refractivity (Wildman–Crippen MR) is 23.0 cm³/mol. The van der Waals surface area contributed by atoms with Gasteiger partial charge in [-0.15, -0.1) is 0 Å². The van der Waals surface area contributed by atoms with Crippen molar-refractivity contribution in [2.24, 2.45) is 5.73 Å². The summed E-state index contributed by atoms with van der Waals surface area (Å²) in [6.07, 6.45) is 0. The Morgan fingerprint density at radius 1 is 2.20 bits per heavy atom. The summed E-state index contributed by atoms with van der Waals surface area (Å²) in [4.78, 5) is 0. The van der Waals surface area contributed by atoms with Gasteiger partial charge in [0.15, 0.2) is 0 Å². The quantitative estimate of drug-likeness (QED) is 0.428. The van der Waals surface area contributed by atoms with Crippen LogP contribution in [0.2, 0.25) is 1.41 Å². The molecule has 0 aromatic heterocycles. The van der Waals surface area contributed by atoms with Crippen molar-refractivity contribution in [1.29, 1.82) is 0 Å². The lowest BCUT2D eigenvalue weighted by Gasteiger charge is -1.85. The van der Waals surface area contributed by atoms with E-state index in [1.807, 2.05) is 7.05 Å². The van der Waals surface area contributed by atoms with E-state index < -0.39 is 0 Å². The molecule has 2 nitrogen and oxygen atoms in total. The topological polar surface area (TPSA) is 38.0 Å². The van der Waals surface area contributed by atoms with E-state index >= 15 is 0 Å². The summed E-state index contributed by atoms with van der Waals surface area (Å²) in [5, 5.41) is 2.89. The third-order valence-corrected chi connectivity index (χ3v) is 0.375. The minimum absolute atomic E-state index is 0.719. The zero-order chi connectivity index (χ0) is 4.83. The van der Waals surface area contributed by atoms with E-state index in [1.165, 1.54) is 0 Å². The molecule has 0 heterocycles. The van der Waals surface area contributed by atoms with Gasteiger partial charge in [-0.3, -0.25) is 0 Å². The number of hydrogen-bond acceptors (Lipinski definition) is 2. The summed E-state index contributed by atoms with van der Waals surface area (Å²) in [6.45, 7) is 1.58. The molecule has 2 heteroatoms. The standard InChI is InChI=1S/C3H10N2/c1-5-3-2-4/h5H,2-4H2,1H3/i/hH. The minimum Gasteiger partial charge on any atom is -0.329 e. The Morgan fingerprint density at radius 3 is 3.20 bits per heavy atom.